The van der Waals surface area contributed by atoms with Crippen molar-refractivity contribution in [2.24, 2.45) is 5.73 Å². The summed E-state index contributed by atoms with van der Waals surface area (Å²) in [5.41, 5.74) is 5.48. The molecule has 0 heterocycles. The van der Waals surface area contributed by atoms with Gasteiger partial charge in [-0.15, -0.1) is 12.4 Å². The molecule has 114 valence electrons. The van der Waals surface area contributed by atoms with Gasteiger partial charge in [-0.1, -0.05) is 26.2 Å². The molecule has 3 N–H and O–H groups in total. The number of nitrogens with one attached hydrogen (secondary N) is 1. The number of hydrogen-bond acceptors (Lipinski definition) is 3. The largest absolute Gasteiger partial charge is 0.365 e. The number of halogens is 1. The quantitative estimate of drug-likeness (QED) is 0.790. The summed E-state index contributed by atoms with van der Waals surface area (Å²) in [4.78, 5) is 12.0. The van der Waals surface area contributed by atoms with Crippen LogP contribution in [-0.2, 0) is 9.53 Å². The van der Waals surface area contributed by atoms with E-state index in [4.69, 9.17) is 10.5 Å². The van der Waals surface area contributed by atoms with Crippen LogP contribution in [-0.4, -0.2) is 30.2 Å². The van der Waals surface area contributed by atoms with Gasteiger partial charge in [-0.25, -0.2) is 0 Å². The minimum absolute atomic E-state index is 0. The highest BCUT2D eigenvalue weighted by molar-refractivity contribution is 5.85. The van der Waals surface area contributed by atoms with Gasteiger partial charge < -0.3 is 15.8 Å². The average Bonchev–Trinajstić information content (AvgIpc) is 2.33. The second-order valence-electron chi connectivity index (χ2n) is 6.00. The van der Waals surface area contributed by atoms with E-state index in [1.54, 1.807) is 0 Å². The van der Waals surface area contributed by atoms with Crippen molar-refractivity contribution in [2.45, 2.75) is 77.0 Å². The molecular formula is C14H29ClN2O2. The Morgan fingerprint density at radius 1 is 1.37 bits per heavy atom. The maximum absolute atomic E-state index is 12.0. The molecule has 1 aliphatic carbocycles. The zero-order valence-corrected chi connectivity index (χ0v) is 13.2. The van der Waals surface area contributed by atoms with Crippen LogP contribution in [0, 0.1) is 0 Å². The van der Waals surface area contributed by atoms with Crippen LogP contribution in [0.4, 0.5) is 0 Å². The lowest BCUT2D eigenvalue weighted by Gasteiger charge is -2.27. The molecule has 0 aliphatic heterocycles. The van der Waals surface area contributed by atoms with Gasteiger partial charge in [0, 0.05) is 12.1 Å². The van der Waals surface area contributed by atoms with E-state index < -0.39 is 0 Å². The van der Waals surface area contributed by atoms with E-state index in [1.165, 1.54) is 19.3 Å². The summed E-state index contributed by atoms with van der Waals surface area (Å²) in [5, 5.41) is 2.87. The highest BCUT2D eigenvalue weighted by atomic mass is 35.5. The van der Waals surface area contributed by atoms with Crippen molar-refractivity contribution in [3.05, 3.63) is 0 Å². The van der Waals surface area contributed by atoms with Crippen molar-refractivity contribution in [1.82, 2.24) is 5.32 Å². The van der Waals surface area contributed by atoms with Crippen LogP contribution in [0.1, 0.15) is 59.3 Å². The minimum Gasteiger partial charge on any atom is -0.365 e. The molecule has 0 bridgehead atoms. The molecular weight excluding hydrogens is 264 g/mol. The Morgan fingerprint density at radius 2 is 1.95 bits per heavy atom. The van der Waals surface area contributed by atoms with E-state index in [1.807, 2.05) is 20.8 Å². The van der Waals surface area contributed by atoms with Gasteiger partial charge in [-0.2, -0.15) is 0 Å². The fraction of sp³-hybridized carbons (Fsp3) is 0.929. The van der Waals surface area contributed by atoms with Crippen molar-refractivity contribution < 1.29 is 9.53 Å². The minimum atomic E-state index is -0.376. The lowest BCUT2D eigenvalue weighted by atomic mass is 9.97. The molecule has 0 saturated heterocycles. The second kappa shape index (κ2) is 8.77. The monoisotopic (exact) mass is 292 g/mol. The third-order valence-corrected chi connectivity index (χ3v) is 3.29. The summed E-state index contributed by atoms with van der Waals surface area (Å²) in [7, 11) is 0. The summed E-state index contributed by atoms with van der Waals surface area (Å²) in [6.45, 7) is 6.27. The maximum atomic E-state index is 12.0. The molecule has 0 aromatic rings. The highest BCUT2D eigenvalue weighted by Gasteiger charge is 2.24. The van der Waals surface area contributed by atoms with Crippen LogP contribution in [0.3, 0.4) is 0 Å². The molecule has 1 atom stereocenters. The molecule has 19 heavy (non-hydrogen) atoms. The predicted octanol–water partition coefficient (Wildman–Crippen LogP) is 2.39. The van der Waals surface area contributed by atoms with E-state index in [0.717, 1.165) is 12.8 Å². The van der Waals surface area contributed by atoms with Gasteiger partial charge in [0.2, 0.25) is 5.91 Å². The van der Waals surface area contributed by atoms with E-state index in [2.05, 4.69) is 5.32 Å². The lowest BCUT2D eigenvalue weighted by molar-refractivity contribution is -0.138. The summed E-state index contributed by atoms with van der Waals surface area (Å²) < 4.78 is 5.91. The molecule has 5 heteroatoms. The molecule has 1 fully saturated rings. The molecule has 4 nitrogen and oxygen atoms in total. The maximum Gasteiger partial charge on any atom is 0.249 e. The number of hydrogen-bond donors (Lipinski definition) is 2. The topological polar surface area (TPSA) is 64.3 Å². The Kier molecular flexibility index (Phi) is 8.62. The number of amides is 1. The van der Waals surface area contributed by atoms with Gasteiger partial charge in [0.15, 0.2) is 0 Å². The third-order valence-electron chi connectivity index (χ3n) is 3.29. The third kappa shape index (κ3) is 7.75. The normalized spacial score (nSPS) is 18.5. The first kappa shape index (κ1) is 18.7. The second-order valence-corrected chi connectivity index (χ2v) is 6.00. The first-order chi connectivity index (χ1) is 8.42. The van der Waals surface area contributed by atoms with Crippen LogP contribution in [0.15, 0.2) is 0 Å². The zero-order chi connectivity index (χ0) is 13.6. The Morgan fingerprint density at radius 3 is 2.42 bits per heavy atom. The smallest absolute Gasteiger partial charge is 0.249 e. The van der Waals surface area contributed by atoms with Gasteiger partial charge in [-0.05, 0) is 33.1 Å². The van der Waals surface area contributed by atoms with Crippen molar-refractivity contribution in [2.75, 3.05) is 6.54 Å². The number of ether oxygens (including phenoxy) is 1. The summed E-state index contributed by atoms with van der Waals surface area (Å²) in [5.74, 6) is -0.0263. The standard InChI is InChI=1S/C14H28N2O2.ClH/c1-4-12(13(17)16-10-14(2,3)15)18-11-8-6-5-7-9-11;/h11-12H,4-10,15H2,1-3H3,(H,16,17);1H. The van der Waals surface area contributed by atoms with E-state index in [9.17, 15) is 4.79 Å². The molecule has 1 unspecified atom stereocenters. The highest BCUT2D eigenvalue weighted by Crippen LogP contribution is 2.22. The summed E-state index contributed by atoms with van der Waals surface area (Å²) in [6.07, 6.45) is 6.57. The van der Waals surface area contributed by atoms with E-state index in [-0.39, 0.29) is 36.1 Å². The molecule has 1 saturated carbocycles. The van der Waals surface area contributed by atoms with Crippen molar-refractivity contribution in [3.8, 4) is 0 Å². The van der Waals surface area contributed by atoms with Crippen molar-refractivity contribution in [1.29, 1.82) is 0 Å². The molecule has 1 rings (SSSR count). The van der Waals surface area contributed by atoms with Gasteiger partial charge in [0.1, 0.15) is 6.10 Å². The van der Waals surface area contributed by atoms with Gasteiger partial charge in [0.05, 0.1) is 6.10 Å². The SMILES string of the molecule is CCC(OC1CCCCC1)C(=O)NCC(C)(C)N.Cl. The molecule has 1 amide bonds. The van der Waals surface area contributed by atoms with Crippen molar-refractivity contribution >= 4 is 18.3 Å². The van der Waals surface area contributed by atoms with E-state index in [0.29, 0.717) is 13.0 Å². The van der Waals surface area contributed by atoms with E-state index >= 15 is 0 Å². The summed E-state index contributed by atoms with van der Waals surface area (Å²) in [6, 6.07) is 0. The average molecular weight is 293 g/mol. The molecule has 0 radical (unpaired) electrons. The summed E-state index contributed by atoms with van der Waals surface area (Å²) >= 11 is 0. The van der Waals surface area contributed by atoms with Crippen LogP contribution < -0.4 is 11.1 Å². The van der Waals surface area contributed by atoms with Gasteiger partial charge in [0.25, 0.3) is 0 Å². The van der Waals surface area contributed by atoms with Gasteiger partial charge in [-0.3, -0.25) is 4.79 Å². The molecule has 0 aromatic carbocycles. The zero-order valence-electron chi connectivity index (χ0n) is 12.4. The van der Waals surface area contributed by atoms with Crippen LogP contribution >= 0.6 is 12.4 Å². The Bertz CT molecular complexity index is 261. The van der Waals surface area contributed by atoms with Crippen LogP contribution in [0.5, 0.6) is 0 Å². The Labute approximate surface area is 123 Å². The predicted molar refractivity (Wildman–Crippen MR) is 80.6 cm³/mol. The fourth-order valence-corrected chi connectivity index (χ4v) is 2.21. The number of nitrogens with two attached hydrogens (primary N) is 1. The molecule has 0 aromatic heterocycles. The molecule has 0 spiro atoms. The van der Waals surface area contributed by atoms with Gasteiger partial charge >= 0.3 is 0 Å². The first-order valence-electron chi connectivity index (χ1n) is 7.14. The Balaban J connectivity index is 0.00000324. The molecule has 1 aliphatic rings. The Hall–Kier alpha value is -0.320. The number of carbonyl (C=O) groups excluding carboxylic acids is 1. The number of carbonyl (C=O) groups is 1. The lowest BCUT2D eigenvalue weighted by Crippen LogP contribution is -2.48. The van der Waals surface area contributed by atoms with Crippen LogP contribution in [0.2, 0.25) is 0 Å². The van der Waals surface area contributed by atoms with Crippen LogP contribution in [0.25, 0.3) is 0 Å². The fourth-order valence-electron chi connectivity index (χ4n) is 2.21. The first-order valence-corrected chi connectivity index (χ1v) is 7.14. The number of rotatable bonds is 6. The van der Waals surface area contributed by atoms with Crippen molar-refractivity contribution in [3.63, 3.8) is 0 Å².